The maximum absolute atomic E-state index is 12.1. The number of carbonyl (C=O) groups excluding carboxylic acids is 1. The molecule has 4 nitrogen and oxygen atoms in total. The number of carbonyl (C=O) groups is 1. The number of amides is 1. The van der Waals surface area contributed by atoms with Crippen molar-refractivity contribution >= 4 is 17.7 Å². The third kappa shape index (κ3) is 3.78. The number of benzene rings is 1. The van der Waals surface area contributed by atoms with Crippen LogP contribution in [-0.4, -0.2) is 48.7 Å². The van der Waals surface area contributed by atoms with Crippen LogP contribution in [0.2, 0.25) is 0 Å². The van der Waals surface area contributed by atoms with Crippen LogP contribution >= 0.6 is 0 Å². The molecule has 106 valence electrons. The molecule has 1 aliphatic rings. The van der Waals surface area contributed by atoms with E-state index in [1.807, 2.05) is 62.3 Å². The maximum Gasteiger partial charge on any atom is 0.247 e. The molecule has 0 radical (unpaired) electrons. The summed E-state index contributed by atoms with van der Waals surface area (Å²) in [4.78, 5) is 14.2. The number of hydrogen-bond acceptors (Lipinski definition) is 3. The minimum Gasteiger partial charge on any atom is -0.308 e. The van der Waals surface area contributed by atoms with E-state index >= 15 is 0 Å². The van der Waals surface area contributed by atoms with Gasteiger partial charge in [0.2, 0.25) is 5.91 Å². The number of likely N-dealkylation sites (N-methyl/N-ethyl adjacent to an activating group) is 1. The molecule has 0 bridgehead atoms. The predicted octanol–water partition coefficient (Wildman–Crippen LogP) is 2.24. The summed E-state index contributed by atoms with van der Waals surface area (Å²) < 4.78 is 0. The van der Waals surface area contributed by atoms with Crippen molar-refractivity contribution in [3.05, 3.63) is 41.5 Å². The Morgan fingerprint density at radius 3 is 2.65 bits per heavy atom. The smallest absolute Gasteiger partial charge is 0.247 e. The van der Waals surface area contributed by atoms with Gasteiger partial charge in [0, 0.05) is 6.54 Å². The van der Waals surface area contributed by atoms with Gasteiger partial charge in [-0.1, -0.05) is 30.3 Å². The second kappa shape index (κ2) is 6.48. The summed E-state index contributed by atoms with van der Waals surface area (Å²) in [5, 5.41) is 6.00. The van der Waals surface area contributed by atoms with Crippen LogP contribution in [0.5, 0.6) is 0 Å². The molecule has 0 fully saturated rings. The standard InChI is InChI=1S/C16H21N3O/c1-13-15(11-14-7-5-4-6-8-14)12-16(20)19(17-13)10-9-18(2)3/h4-8,11H,9-10,12H2,1-3H3. The predicted molar refractivity (Wildman–Crippen MR) is 82.4 cm³/mol. The molecular formula is C16H21N3O. The highest BCUT2D eigenvalue weighted by Crippen LogP contribution is 2.18. The van der Waals surface area contributed by atoms with E-state index in [1.54, 1.807) is 5.01 Å². The van der Waals surface area contributed by atoms with E-state index in [1.165, 1.54) is 0 Å². The van der Waals surface area contributed by atoms with Crippen LogP contribution in [0.1, 0.15) is 18.9 Å². The van der Waals surface area contributed by atoms with Crippen molar-refractivity contribution in [3.63, 3.8) is 0 Å². The molecule has 0 unspecified atom stereocenters. The molecule has 0 aliphatic carbocycles. The molecule has 0 saturated carbocycles. The summed E-state index contributed by atoms with van der Waals surface area (Å²) in [6, 6.07) is 10.0. The van der Waals surface area contributed by atoms with Gasteiger partial charge < -0.3 is 4.90 Å². The molecule has 0 aromatic heterocycles. The molecule has 1 aromatic rings. The van der Waals surface area contributed by atoms with E-state index < -0.39 is 0 Å². The van der Waals surface area contributed by atoms with Gasteiger partial charge >= 0.3 is 0 Å². The van der Waals surface area contributed by atoms with Gasteiger partial charge in [-0.2, -0.15) is 5.10 Å². The van der Waals surface area contributed by atoms with Crippen molar-refractivity contribution in [2.75, 3.05) is 27.2 Å². The van der Waals surface area contributed by atoms with E-state index in [9.17, 15) is 4.79 Å². The van der Waals surface area contributed by atoms with Gasteiger partial charge in [0.15, 0.2) is 0 Å². The fraction of sp³-hybridized carbons (Fsp3) is 0.375. The summed E-state index contributed by atoms with van der Waals surface area (Å²) in [7, 11) is 3.98. The molecule has 0 saturated heterocycles. The Balaban J connectivity index is 2.14. The molecular weight excluding hydrogens is 250 g/mol. The monoisotopic (exact) mass is 271 g/mol. The third-order valence-electron chi connectivity index (χ3n) is 3.26. The summed E-state index contributed by atoms with van der Waals surface area (Å²) in [5.41, 5.74) is 3.03. The van der Waals surface area contributed by atoms with Crippen LogP contribution in [0.3, 0.4) is 0 Å². The van der Waals surface area contributed by atoms with Gasteiger partial charge in [-0.25, -0.2) is 5.01 Å². The van der Waals surface area contributed by atoms with E-state index in [4.69, 9.17) is 0 Å². The molecule has 0 atom stereocenters. The Bertz CT molecular complexity index is 532. The van der Waals surface area contributed by atoms with Gasteiger partial charge in [-0.05, 0) is 38.2 Å². The summed E-state index contributed by atoms with van der Waals surface area (Å²) >= 11 is 0. The largest absolute Gasteiger partial charge is 0.308 e. The second-order valence-electron chi connectivity index (χ2n) is 5.26. The first-order chi connectivity index (χ1) is 9.56. The fourth-order valence-corrected chi connectivity index (χ4v) is 2.06. The van der Waals surface area contributed by atoms with Crippen LogP contribution in [0, 0.1) is 0 Å². The zero-order chi connectivity index (χ0) is 14.5. The average molecular weight is 271 g/mol. The molecule has 1 heterocycles. The van der Waals surface area contributed by atoms with Crippen molar-refractivity contribution in [2.45, 2.75) is 13.3 Å². The summed E-state index contributed by atoms with van der Waals surface area (Å²) in [6.45, 7) is 3.42. The lowest BCUT2D eigenvalue weighted by Crippen LogP contribution is -2.36. The highest BCUT2D eigenvalue weighted by molar-refractivity contribution is 6.08. The third-order valence-corrected chi connectivity index (χ3v) is 3.26. The van der Waals surface area contributed by atoms with E-state index in [-0.39, 0.29) is 5.91 Å². The summed E-state index contributed by atoms with van der Waals surface area (Å²) in [6.07, 6.45) is 2.47. The van der Waals surface area contributed by atoms with Crippen molar-refractivity contribution in [2.24, 2.45) is 5.10 Å². The van der Waals surface area contributed by atoms with Crippen molar-refractivity contribution in [3.8, 4) is 0 Å². The van der Waals surface area contributed by atoms with Gasteiger partial charge in [-0.3, -0.25) is 4.79 Å². The normalized spacial score (nSPS) is 17.8. The minimum absolute atomic E-state index is 0.0691. The molecule has 1 aliphatic heterocycles. The average Bonchev–Trinajstić information content (AvgIpc) is 2.42. The fourth-order valence-electron chi connectivity index (χ4n) is 2.06. The highest BCUT2D eigenvalue weighted by atomic mass is 16.2. The SMILES string of the molecule is CC1=NN(CCN(C)C)C(=O)CC1=Cc1ccccc1. The molecule has 2 rings (SSSR count). The lowest BCUT2D eigenvalue weighted by Gasteiger charge is -2.25. The van der Waals surface area contributed by atoms with Gasteiger partial charge in [0.1, 0.15) is 0 Å². The van der Waals surface area contributed by atoms with Gasteiger partial charge in [-0.15, -0.1) is 0 Å². The first kappa shape index (κ1) is 14.5. The van der Waals surface area contributed by atoms with Crippen LogP contribution in [-0.2, 0) is 4.79 Å². The number of rotatable bonds is 4. The molecule has 4 heteroatoms. The van der Waals surface area contributed by atoms with E-state index in [0.717, 1.165) is 23.4 Å². The van der Waals surface area contributed by atoms with Crippen LogP contribution in [0.4, 0.5) is 0 Å². The number of hydrazone groups is 1. The van der Waals surface area contributed by atoms with Crippen molar-refractivity contribution < 1.29 is 4.79 Å². The lowest BCUT2D eigenvalue weighted by atomic mass is 10.0. The second-order valence-corrected chi connectivity index (χ2v) is 5.26. The van der Waals surface area contributed by atoms with Crippen LogP contribution in [0.25, 0.3) is 6.08 Å². The Hall–Kier alpha value is -1.94. The maximum atomic E-state index is 12.1. The van der Waals surface area contributed by atoms with Crippen molar-refractivity contribution in [1.29, 1.82) is 0 Å². The molecule has 0 N–H and O–H groups in total. The molecule has 20 heavy (non-hydrogen) atoms. The highest BCUT2D eigenvalue weighted by Gasteiger charge is 2.21. The summed E-state index contributed by atoms with van der Waals surface area (Å²) in [5.74, 6) is 0.0691. The van der Waals surface area contributed by atoms with Crippen LogP contribution in [0.15, 0.2) is 41.0 Å². The Morgan fingerprint density at radius 2 is 2.00 bits per heavy atom. The van der Waals surface area contributed by atoms with Gasteiger partial charge in [0.25, 0.3) is 0 Å². The number of hydrogen-bond donors (Lipinski definition) is 0. The minimum atomic E-state index is 0.0691. The first-order valence-electron chi connectivity index (χ1n) is 6.82. The van der Waals surface area contributed by atoms with Gasteiger partial charge in [0.05, 0.1) is 18.7 Å². The van der Waals surface area contributed by atoms with E-state index in [2.05, 4.69) is 5.10 Å². The lowest BCUT2D eigenvalue weighted by molar-refractivity contribution is -0.131. The first-order valence-corrected chi connectivity index (χ1v) is 6.82. The Labute approximate surface area is 120 Å². The van der Waals surface area contributed by atoms with E-state index in [0.29, 0.717) is 13.0 Å². The molecule has 0 spiro atoms. The molecule has 1 amide bonds. The van der Waals surface area contributed by atoms with Crippen molar-refractivity contribution in [1.82, 2.24) is 9.91 Å². The Morgan fingerprint density at radius 1 is 1.30 bits per heavy atom. The Kier molecular flexibility index (Phi) is 4.69. The topological polar surface area (TPSA) is 35.9 Å². The molecule has 1 aromatic carbocycles. The van der Waals surface area contributed by atoms with Crippen LogP contribution < -0.4 is 0 Å². The zero-order valence-electron chi connectivity index (χ0n) is 12.3. The quantitative estimate of drug-likeness (QED) is 0.842. The zero-order valence-corrected chi connectivity index (χ0v) is 12.3. The number of nitrogens with zero attached hydrogens (tertiary/aromatic N) is 3.